The van der Waals surface area contributed by atoms with Crippen LogP contribution < -0.4 is 0 Å². The van der Waals surface area contributed by atoms with Gasteiger partial charge in [-0.1, -0.05) is 23.8 Å². The predicted octanol–water partition coefficient (Wildman–Crippen LogP) is 3.07. The van der Waals surface area contributed by atoms with Gasteiger partial charge in [0, 0.05) is 13.2 Å². The van der Waals surface area contributed by atoms with E-state index in [1.54, 1.807) is 0 Å². The Balaban J connectivity index is 2.66. The van der Waals surface area contributed by atoms with E-state index in [9.17, 15) is 0 Å². The Hall–Kier alpha value is -0.860. The van der Waals surface area contributed by atoms with Gasteiger partial charge in [0.25, 0.3) is 0 Å². The lowest BCUT2D eigenvalue weighted by atomic mass is 10.1. The molecule has 0 aliphatic heterocycles. The molecule has 84 valence electrons. The molecule has 0 N–H and O–H groups in total. The number of rotatable bonds is 6. The minimum Gasteiger partial charge on any atom is -0.377 e. The molecule has 2 heteroatoms. The highest BCUT2D eigenvalue weighted by Gasteiger charge is 1.99. The third-order valence-corrected chi connectivity index (χ3v) is 2.14. The van der Waals surface area contributed by atoms with Crippen molar-refractivity contribution in [2.24, 2.45) is 0 Å². The molecule has 2 nitrogen and oxygen atoms in total. The summed E-state index contributed by atoms with van der Waals surface area (Å²) in [6, 6.07) is 6.47. The molecule has 1 rings (SSSR count). The molecule has 1 aromatic carbocycles. The molecule has 0 aromatic heterocycles. The fraction of sp³-hybridized carbons (Fsp3) is 0.538. The minimum absolute atomic E-state index is 0.692. The number of hydrogen-bond acceptors (Lipinski definition) is 2. The van der Waals surface area contributed by atoms with E-state index in [-0.39, 0.29) is 0 Å². The van der Waals surface area contributed by atoms with Crippen molar-refractivity contribution in [2.75, 3.05) is 13.2 Å². The Morgan fingerprint density at radius 2 is 1.33 bits per heavy atom. The van der Waals surface area contributed by atoms with E-state index in [0.717, 1.165) is 13.2 Å². The van der Waals surface area contributed by atoms with Gasteiger partial charge in [0.15, 0.2) is 0 Å². The number of aryl methyl sites for hydroxylation is 1. The van der Waals surface area contributed by atoms with Crippen LogP contribution in [0.2, 0.25) is 0 Å². The third kappa shape index (κ3) is 4.45. The summed E-state index contributed by atoms with van der Waals surface area (Å²) < 4.78 is 10.8. The molecule has 1 aromatic rings. The number of benzene rings is 1. The van der Waals surface area contributed by atoms with Gasteiger partial charge in [0.1, 0.15) is 0 Å². The summed E-state index contributed by atoms with van der Waals surface area (Å²) in [6.45, 7) is 9.02. The summed E-state index contributed by atoms with van der Waals surface area (Å²) in [5.41, 5.74) is 3.72. The van der Waals surface area contributed by atoms with E-state index in [1.807, 2.05) is 13.8 Å². The first kappa shape index (κ1) is 12.2. The topological polar surface area (TPSA) is 18.5 Å². The van der Waals surface area contributed by atoms with Crippen molar-refractivity contribution in [1.82, 2.24) is 0 Å². The average molecular weight is 208 g/mol. The zero-order chi connectivity index (χ0) is 11.1. The molecule has 0 saturated carbocycles. The van der Waals surface area contributed by atoms with Crippen molar-refractivity contribution in [1.29, 1.82) is 0 Å². The quantitative estimate of drug-likeness (QED) is 0.715. The van der Waals surface area contributed by atoms with Gasteiger partial charge in [-0.15, -0.1) is 0 Å². The molecule has 0 amide bonds. The molecule has 0 radical (unpaired) electrons. The summed E-state index contributed by atoms with van der Waals surface area (Å²) in [5.74, 6) is 0. The molecule has 0 spiro atoms. The van der Waals surface area contributed by atoms with Gasteiger partial charge in [0.2, 0.25) is 0 Å². The van der Waals surface area contributed by atoms with Crippen LogP contribution >= 0.6 is 0 Å². The first-order valence-corrected chi connectivity index (χ1v) is 5.51. The van der Waals surface area contributed by atoms with E-state index in [0.29, 0.717) is 13.2 Å². The number of hydrogen-bond donors (Lipinski definition) is 0. The van der Waals surface area contributed by atoms with Crippen molar-refractivity contribution in [3.05, 3.63) is 34.9 Å². The van der Waals surface area contributed by atoms with Gasteiger partial charge in [-0.25, -0.2) is 0 Å². The van der Waals surface area contributed by atoms with Crippen molar-refractivity contribution in [2.45, 2.75) is 34.0 Å². The third-order valence-electron chi connectivity index (χ3n) is 2.14. The summed E-state index contributed by atoms with van der Waals surface area (Å²) in [6.07, 6.45) is 0. The van der Waals surface area contributed by atoms with Crippen LogP contribution in [-0.2, 0) is 22.7 Å². The fourth-order valence-corrected chi connectivity index (χ4v) is 1.55. The van der Waals surface area contributed by atoms with Gasteiger partial charge in [-0.05, 0) is 31.9 Å². The molecule has 0 fully saturated rings. The average Bonchev–Trinajstić information content (AvgIpc) is 2.23. The second-order valence-electron chi connectivity index (χ2n) is 3.60. The first-order chi connectivity index (χ1) is 7.26. The molecule has 0 aliphatic carbocycles. The highest BCUT2D eigenvalue weighted by atomic mass is 16.5. The molecule has 0 saturated heterocycles. The van der Waals surface area contributed by atoms with Crippen LogP contribution in [0.15, 0.2) is 18.2 Å². The van der Waals surface area contributed by atoms with Crippen molar-refractivity contribution < 1.29 is 9.47 Å². The molecule has 0 aliphatic rings. The minimum atomic E-state index is 0.692. The zero-order valence-electron chi connectivity index (χ0n) is 9.88. The smallest absolute Gasteiger partial charge is 0.0716 e. The Morgan fingerprint density at radius 3 is 1.73 bits per heavy atom. The van der Waals surface area contributed by atoms with Gasteiger partial charge in [0.05, 0.1) is 13.2 Å². The standard InChI is InChI=1S/C13H20O2/c1-4-14-9-12-6-11(3)7-13(8-12)10-15-5-2/h6-8H,4-5,9-10H2,1-3H3. The van der Waals surface area contributed by atoms with E-state index in [4.69, 9.17) is 9.47 Å². The Bertz CT molecular complexity index is 268. The summed E-state index contributed by atoms with van der Waals surface area (Å²) >= 11 is 0. The van der Waals surface area contributed by atoms with Crippen LogP contribution in [0.3, 0.4) is 0 Å². The van der Waals surface area contributed by atoms with Crippen molar-refractivity contribution in [3.63, 3.8) is 0 Å². The summed E-state index contributed by atoms with van der Waals surface area (Å²) in [5, 5.41) is 0. The zero-order valence-corrected chi connectivity index (χ0v) is 9.88. The van der Waals surface area contributed by atoms with Gasteiger partial charge in [-0.3, -0.25) is 0 Å². The van der Waals surface area contributed by atoms with Crippen LogP contribution in [0.4, 0.5) is 0 Å². The SMILES string of the molecule is CCOCc1cc(C)cc(COCC)c1. The monoisotopic (exact) mass is 208 g/mol. The van der Waals surface area contributed by atoms with Crippen molar-refractivity contribution in [3.8, 4) is 0 Å². The second kappa shape index (κ2) is 6.59. The van der Waals surface area contributed by atoms with Gasteiger partial charge in [-0.2, -0.15) is 0 Å². The second-order valence-corrected chi connectivity index (χ2v) is 3.60. The maximum atomic E-state index is 5.39. The van der Waals surface area contributed by atoms with E-state index < -0.39 is 0 Å². The Kier molecular flexibility index (Phi) is 5.37. The molecule has 0 bridgehead atoms. The summed E-state index contributed by atoms with van der Waals surface area (Å²) in [7, 11) is 0. The normalized spacial score (nSPS) is 10.6. The van der Waals surface area contributed by atoms with E-state index in [1.165, 1.54) is 16.7 Å². The maximum Gasteiger partial charge on any atom is 0.0716 e. The lowest BCUT2D eigenvalue weighted by Gasteiger charge is -2.07. The van der Waals surface area contributed by atoms with Crippen LogP contribution in [0.25, 0.3) is 0 Å². The van der Waals surface area contributed by atoms with E-state index >= 15 is 0 Å². The molecular weight excluding hydrogens is 188 g/mol. The van der Waals surface area contributed by atoms with Crippen LogP contribution in [-0.4, -0.2) is 13.2 Å². The Labute approximate surface area is 92.2 Å². The lowest BCUT2D eigenvalue weighted by Crippen LogP contribution is -1.97. The predicted molar refractivity (Wildman–Crippen MR) is 61.8 cm³/mol. The van der Waals surface area contributed by atoms with Crippen LogP contribution in [0.5, 0.6) is 0 Å². The first-order valence-electron chi connectivity index (χ1n) is 5.51. The fourth-order valence-electron chi connectivity index (χ4n) is 1.55. The molecule has 0 unspecified atom stereocenters. The summed E-state index contributed by atoms with van der Waals surface area (Å²) in [4.78, 5) is 0. The van der Waals surface area contributed by atoms with Gasteiger partial charge < -0.3 is 9.47 Å². The molecule has 0 heterocycles. The number of ether oxygens (including phenoxy) is 2. The van der Waals surface area contributed by atoms with E-state index in [2.05, 4.69) is 25.1 Å². The lowest BCUT2D eigenvalue weighted by molar-refractivity contribution is 0.130. The van der Waals surface area contributed by atoms with Crippen LogP contribution in [0, 0.1) is 6.92 Å². The maximum absolute atomic E-state index is 5.39. The Morgan fingerprint density at radius 1 is 0.867 bits per heavy atom. The highest BCUT2D eigenvalue weighted by Crippen LogP contribution is 2.12. The molecular formula is C13H20O2. The van der Waals surface area contributed by atoms with Gasteiger partial charge >= 0.3 is 0 Å². The largest absolute Gasteiger partial charge is 0.377 e. The van der Waals surface area contributed by atoms with Crippen LogP contribution in [0.1, 0.15) is 30.5 Å². The molecule has 0 atom stereocenters. The van der Waals surface area contributed by atoms with Crippen molar-refractivity contribution >= 4 is 0 Å². The molecule has 15 heavy (non-hydrogen) atoms. The highest BCUT2D eigenvalue weighted by molar-refractivity contribution is 5.28.